The SMILES string of the molecule is CCCCCC(CCCCC)CCOC(=O)CCCCCCCCC(CCCCCCCCC(=O)OCCC(CCCCC)CCCCC)OCCCN1CCCC1. The fourth-order valence-corrected chi connectivity index (χ4v) is 8.97. The Labute approximate surface area is 362 Å². The molecule has 0 saturated carbocycles. The maximum absolute atomic E-state index is 12.4. The van der Waals surface area contributed by atoms with E-state index in [0.717, 1.165) is 63.4 Å². The molecule has 0 aromatic heterocycles. The number of rotatable bonds is 45. The van der Waals surface area contributed by atoms with Gasteiger partial charge in [-0.3, -0.25) is 9.59 Å². The highest BCUT2D eigenvalue weighted by Gasteiger charge is 2.14. The Balaban J connectivity index is 2.19. The summed E-state index contributed by atoms with van der Waals surface area (Å²) in [5, 5.41) is 0. The van der Waals surface area contributed by atoms with Gasteiger partial charge in [0.05, 0.1) is 19.3 Å². The van der Waals surface area contributed by atoms with E-state index in [1.165, 1.54) is 199 Å². The molecule has 1 aliphatic rings. The van der Waals surface area contributed by atoms with Crippen molar-refractivity contribution < 1.29 is 23.8 Å². The molecule has 0 aliphatic carbocycles. The van der Waals surface area contributed by atoms with Crippen molar-refractivity contribution in [3.05, 3.63) is 0 Å². The normalized spacial score (nSPS) is 13.4. The third-order valence-corrected chi connectivity index (χ3v) is 12.9. The monoisotopic (exact) mass is 820 g/mol. The van der Waals surface area contributed by atoms with Crippen molar-refractivity contribution in [3.8, 4) is 0 Å². The Morgan fingerprint density at radius 1 is 0.414 bits per heavy atom. The third-order valence-electron chi connectivity index (χ3n) is 12.9. The van der Waals surface area contributed by atoms with Crippen molar-refractivity contribution in [2.75, 3.05) is 39.5 Å². The largest absolute Gasteiger partial charge is 0.466 e. The van der Waals surface area contributed by atoms with Crippen molar-refractivity contribution in [2.45, 2.75) is 271 Å². The number of hydrogen-bond acceptors (Lipinski definition) is 6. The van der Waals surface area contributed by atoms with Crippen molar-refractivity contribution in [3.63, 3.8) is 0 Å². The number of nitrogens with zero attached hydrogens (tertiary/aromatic N) is 1. The van der Waals surface area contributed by atoms with Crippen LogP contribution in [-0.4, -0.2) is 62.4 Å². The molecule has 0 N–H and O–H groups in total. The first kappa shape index (κ1) is 54.9. The first-order chi connectivity index (χ1) is 28.5. The summed E-state index contributed by atoms with van der Waals surface area (Å²) in [5.74, 6) is 1.46. The molecule has 1 aliphatic heterocycles. The molecular formula is C52H101NO5. The fraction of sp³-hybridized carbons (Fsp3) is 0.962. The summed E-state index contributed by atoms with van der Waals surface area (Å²) in [6.45, 7) is 14.9. The van der Waals surface area contributed by atoms with E-state index in [2.05, 4.69) is 32.6 Å². The van der Waals surface area contributed by atoms with Gasteiger partial charge in [-0.2, -0.15) is 0 Å². The number of carbonyl (C=O) groups excluding carboxylic acids is 2. The van der Waals surface area contributed by atoms with Gasteiger partial charge in [0.1, 0.15) is 0 Å². The van der Waals surface area contributed by atoms with Crippen LogP contribution in [0.4, 0.5) is 0 Å². The van der Waals surface area contributed by atoms with Crippen LogP contribution in [0.15, 0.2) is 0 Å². The molecule has 0 amide bonds. The van der Waals surface area contributed by atoms with Crippen molar-refractivity contribution in [1.82, 2.24) is 4.90 Å². The standard InChI is InChI=1S/C52H101NO5/c1-5-9-21-32-48(33-22-10-6-2)40-46-57-51(54)38-27-19-15-13-17-25-36-50(56-45-31-44-53-42-29-30-43-53)37-26-18-14-16-20-28-39-52(55)58-47-41-49(34-23-11-7-3)35-24-12-8-4/h48-50H,5-47H2,1-4H3. The van der Waals surface area contributed by atoms with Crippen LogP contribution in [0, 0.1) is 11.8 Å². The van der Waals surface area contributed by atoms with E-state index in [4.69, 9.17) is 14.2 Å². The molecule has 1 rings (SSSR count). The molecule has 1 saturated heterocycles. The molecule has 0 spiro atoms. The maximum Gasteiger partial charge on any atom is 0.305 e. The summed E-state index contributed by atoms with van der Waals surface area (Å²) in [5.41, 5.74) is 0. The summed E-state index contributed by atoms with van der Waals surface area (Å²) >= 11 is 0. The van der Waals surface area contributed by atoms with E-state index in [-0.39, 0.29) is 11.9 Å². The van der Waals surface area contributed by atoms with E-state index in [1.807, 2.05) is 0 Å². The smallest absolute Gasteiger partial charge is 0.305 e. The van der Waals surface area contributed by atoms with Gasteiger partial charge in [0.15, 0.2) is 0 Å². The number of esters is 2. The van der Waals surface area contributed by atoms with Gasteiger partial charge in [0.25, 0.3) is 0 Å². The zero-order valence-corrected chi connectivity index (χ0v) is 39.6. The van der Waals surface area contributed by atoms with Crippen LogP contribution >= 0.6 is 0 Å². The van der Waals surface area contributed by atoms with E-state index in [9.17, 15) is 9.59 Å². The van der Waals surface area contributed by atoms with Gasteiger partial charge in [-0.1, -0.05) is 195 Å². The quantitative estimate of drug-likeness (QED) is 0.0450. The van der Waals surface area contributed by atoms with Crippen LogP contribution in [0.25, 0.3) is 0 Å². The topological polar surface area (TPSA) is 65.1 Å². The first-order valence-electron chi connectivity index (χ1n) is 26.2. The second-order valence-corrected chi connectivity index (χ2v) is 18.4. The second-order valence-electron chi connectivity index (χ2n) is 18.4. The van der Waals surface area contributed by atoms with Gasteiger partial charge in [0, 0.05) is 26.0 Å². The first-order valence-corrected chi connectivity index (χ1v) is 26.2. The lowest BCUT2D eigenvalue weighted by Gasteiger charge is -2.20. The molecule has 0 radical (unpaired) electrons. The summed E-state index contributed by atoms with van der Waals surface area (Å²) in [6.07, 6.45) is 44.7. The number of hydrogen-bond donors (Lipinski definition) is 0. The minimum Gasteiger partial charge on any atom is -0.466 e. The lowest BCUT2D eigenvalue weighted by atomic mass is 9.92. The molecule has 0 unspecified atom stereocenters. The summed E-state index contributed by atoms with van der Waals surface area (Å²) in [4.78, 5) is 27.4. The van der Waals surface area contributed by atoms with Crippen molar-refractivity contribution in [2.24, 2.45) is 11.8 Å². The second kappa shape index (κ2) is 42.5. The molecule has 0 aromatic carbocycles. The van der Waals surface area contributed by atoms with Crippen LogP contribution < -0.4 is 0 Å². The van der Waals surface area contributed by atoms with Gasteiger partial charge < -0.3 is 19.1 Å². The number of carbonyl (C=O) groups is 2. The highest BCUT2D eigenvalue weighted by atomic mass is 16.5. The molecule has 0 atom stereocenters. The Morgan fingerprint density at radius 2 is 0.776 bits per heavy atom. The Hall–Kier alpha value is -1.14. The Kier molecular flexibility index (Phi) is 40.3. The molecule has 1 fully saturated rings. The van der Waals surface area contributed by atoms with Gasteiger partial charge in [0.2, 0.25) is 0 Å². The predicted octanol–water partition coefficient (Wildman–Crippen LogP) is 15.5. The molecule has 0 aromatic rings. The third kappa shape index (κ3) is 35.6. The summed E-state index contributed by atoms with van der Waals surface area (Å²) < 4.78 is 17.8. The van der Waals surface area contributed by atoms with Gasteiger partial charge in [-0.05, 0) is 82.7 Å². The summed E-state index contributed by atoms with van der Waals surface area (Å²) in [6, 6.07) is 0. The van der Waals surface area contributed by atoms with Crippen LogP contribution in [0.5, 0.6) is 0 Å². The van der Waals surface area contributed by atoms with Crippen LogP contribution in [0.2, 0.25) is 0 Å². The zero-order valence-electron chi connectivity index (χ0n) is 39.6. The average Bonchev–Trinajstić information content (AvgIpc) is 3.75. The van der Waals surface area contributed by atoms with Crippen molar-refractivity contribution in [1.29, 1.82) is 0 Å². The molecule has 6 heteroatoms. The predicted molar refractivity (Wildman–Crippen MR) is 249 cm³/mol. The highest BCUT2D eigenvalue weighted by molar-refractivity contribution is 5.69. The minimum atomic E-state index is 0.00960. The average molecular weight is 820 g/mol. The molecule has 1 heterocycles. The number of ether oxygens (including phenoxy) is 3. The van der Waals surface area contributed by atoms with Crippen LogP contribution in [-0.2, 0) is 23.8 Å². The van der Waals surface area contributed by atoms with Gasteiger partial charge in [-0.25, -0.2) is 0 Å². The highest BCUT2D eigenvalue weighted by Crippen LogP contribution is 2.23. The van der Waals surface area contributed by atoms with E-state index in [0.29, 0.717) is 32.2 Å². The molecule has 58 heavy (non-hydrogen) atoms. The lowest BCUT2D eigenvalue weighted by molar-refractivity contribution is -0.145. The van der Waals surface area contributed by atoms with E-state index >= 15 is 0 Å². The van der Waals surface area contributed by atoms with Gasteiger partial charge in [-0.15, -0.1) is 0 Å². The molecule has 344 valence electrons. The summed E-state index contributed by atoms with van der Waals surface area (Å²) in [7, 11) is 0. The Morgan fingerprint density at radius 3 is 1.17 bits per heavy atom. The maximum atomic E-state index is 12.4. The van der Waals surface area contributed by atoms with E-state index in [1.54, 1.807) is 0 Å². The van der Waals surface area contributed by atoms with E-state index < -0.39 is 0 Å². The minimum absolute atomic E-state index is 0.00960. The number of likely N-dealkylation sites (tertiary alicyclic amines) is 1. The molecule has 6 nitrogen and oxygen atoms in total. The lowest BCUT2D eigenvalue weighted by Crippen LogP contribution is -2.23. The number of unbranched alkanes of at least 4 members (excludes halogenated alkanes) is 18. The molecule has 0 bridgehead atoms. The molecular weight excluding hydrogens is 719 g/mol. The van der Waals surface area contributed by atoms with Gasteiger partial charge >= 0.3 is 11.9 Å². The zero-order chi connectivity index (χ0) is 42.0. The fourth-order valence-electron chi connectivity index (χ4n) is 8.97. The van der Waals surface area contributed by atoms with Crippen molar-refractivity contribution >= 4 is 11.9 Å². The van der Waals surface area contributed by atoms with Crippen LogP contribution in [0.3, 0.4) is 0 Å². The van der Waals surface area contributed by atoms with Crippen LogP contribution in [0.1, 0.15) is 265 Å². The Bertz CT molecular complexity index is 798.